The van der Waals surface area contributed by atoms with E-state index in [2.05, 4.69) is 24.3 Å². The third-order valence-corrected chi connectivity index (χ3v) is 23.6. The summed E-state index contributed by atoms with van der Waals surface area (Å²) >= 11 is 0. The number of carbonyl (C=O) groups is 6. The van der Waals surface area contributed by atoms with E-state index in [1.54, 1.807) is 0 Å². The zero-order chi connectivity index (χ0) is 62.5. The van der Waals surface area contributed by atoms with Crippen LogP contribution < -0.4 is 51.4 Å². The molecule has 10 fully saturated rings. The number of carbonyl (C=O) groups excluding carboxylic acids is 6. The second-order valence-electron chi connectivity index (χ2n) is 30.1. The largest absolute Gasteiger partial charge is 1.00 e. The molecule has 0 bridgehead atoms. The molecule has 1 N–H and O–H groups in total. The van der Waals surface area contributed by atoms with Gasteiger partial charge in [0, 0.05) is 49.4 Å². The number of ketones is 6. The third-order valence-electron chi connectivity index (χ3n) is 23.6. The summed E-state index contributed by atoms with van der Waals surface area (Å²) in [6.07, 6.45) is 79.1. The molecule has 14 aliphatic rings. The van der Waals surface area contributed by atoms with Gasteiger partial charge in [0.05, 0.1) is 0 Å². The van der Waals surface area contributed by atoms with Crippen LogP contribution in [0, 0.1) is 23.7 Å². The molecule has 14 aliphatic carbocycles. The zero-order valence-electron chi connectivity index (χ0n) is 58.5. The predicted octanol–water partition coefficient (Wildman–Crippen LogP) is 20.3. The van der Waals surface area contributed by atoms with E-state index in [0.717, 1.165) is 103 Å². The molecule has 8 heteroatoms. The average Bonchev–Trinajstić information content (AvgIpc) is 1.56. The van der Waals surface area contributed by atoms with Crippen molar-refractivity contribution >= 4 is 34.7 Å². The monoisotopic (exact) mass is 1280 g/mol. The molecule has 0 aromatic carbocycles. The first-order valence-electron chi connectivity index (χ1n) is 39.0. The van der Waals surface area contributed by atoms with Crippen molar-refractivity contribution in [1.82, 2.24) is 0 Å². The maximum Gasteiger partial charge on any atom is 1.00 e. The van der Waals surface area contributed by atoms with Gasteiger partial charge in [-0.2, -0.15) is 0 Å². The Morgan fingerprint density at radius 1 is 0.250 bits per heavy atom. The minimum atomic E-state index is 0. The minimum absolute atomic E-state index is 0. The van der Waals surface area contributed by atoms with Crippen molar-refractivity contribution in [2.24, 2.45) is 23.7 Å². The van der Waals surface area contributed by atoms with Crippen molar-refractivity contribution in [1.29, 1.82) is 0 Å². The number of hydrogen-bond acceptors (Lipinski definition) is 7. The molecule has 504 valence electrons. The first kappa shape index (κ1) is 76.9. The fraction of sp³-hybridized carbons (Fsp3) is 0.738. The molecule has 0 heterocycles. The fourth-order valence-corrected chi connectivity index (χ4v) is 18.4. The molecular weight excluding hydrogens is 1160 g/mol. The Kier molecular flexibility index (Phi) is 36.0. The van der Waals surface area contributed by atoms with Gasteiger partial charge in [-0.25, -0.2) is 0 Å². The van der Waals surface area contributed by atoms with Gasteiger partial charge < -0.3 is 5.48 Å². The molecule has 7 nitrogen and oxygen atoms in total. The van der Waals surface area contributed by atoms with Crippen LogP contribution in [0.15, 0.2) is 91.2 Å². The van der Waals surface area contributed by atoms with Crippen molar-refractivity contribution < 1.29 is 85.6 Å². The van der Waals surface area contributed by atoms with Crippen molar-refractivity contribution in [3.63, 3.8) is 0 Å². The smallest absolute Gasteiger partial charge is 0.870 e. The Hall–Kier alpha value is -2.46. The topological polar surface area (TPSA) is 132 Å². The Bertz CT molecular complexity index is 2580. The zero-order valence-corrected chi connectivity index (χ0v) is 61.7. The van der Waals surface area contributed by atoms with Crippen LogP contribution in [-0.2, 0) is 28.8 Å². The summed E-state index contributed by atoms with van der Waals surface area (Å²) < 4.78 is 0. The van der Waals surface area contributed by atoms with Gasteiger partial charge in [0.25, 0.3) is 0 Å². The molecule has 4 atom stereocenters. The van der Waals surface area contributed by atoms with Crippen molar-refractivity contribution in [2.45, 2.75) is 372 Å². The second-order valence-corrected chi connectivity index (χ2v) is 30.1. The first-order chi connectivity index (χ1) is 44.2. The van der Waals surface area contributed by atoms with Crippen molar-refractivity contribution in [2.75, 3.05) is 0 Å². The second kappa shape index (κ2) is 43.0. The Labute approximate surface area is 602 Å². The molecule has 10 saturated carbocycles. The van der Waals surface area contributed by atoms with E-state index in [4.69, 9.17) is 0 Å². The van der Waals surface area contributed by atoms with Crippen LogP contribution in [0.4, 0.5) is 0 Å². The molecule has 4 unspecified atom stereocenters. The third kappa shape index (κ3) is 23.9. The summed E-state index contributed by atoms with van der Waals surface area (Å²) in [7, 11) is 0. The molecule has 0 aliphatic heterocycles. The summed E-state index contributed by atoms with van der Waals surface area (Å²) in [6.45, 7) is 0. The Morgan fingerprint density at radius 2 is 0.576 bits per heavy atom. The number of rotatable bonds is 4. The number of hydrogen-bond donors (Lipinski definition) is 0. The van der Waals surface area contributed by atoms with Crippen LogP contribution in [0.25, 0.3) is 0 Å². The van der Waals surface area contributed by atoms with E-state index < -0.39 is 0 Å². The molecule has 14 rings (SSSR count). The molecule has 0 spiro atoms. The van der Waals surface area contributed by atoms with Crippen LogP contribution in [0.2, 0.25) is 0 Å². The molecule has 0 saturated heterocycles. The van der Waals surface area contributed by atoms with E-state index in [1.807, 2.05) is 0 Å². The van der Waals surface area contributed by atoms with Crippen LogP contribution in [0.5, 0.6) is 0 Å². The summed E-state index contributed by atoms with van der Waals surface area (Å²) in [5, 5.41) is 0. The van der Waals surface area contributed by atoms with Crippen molar-refractivity contribution in [3.05, 3.63) is 91.2 Å². The van der Waals surface area contributed by atoms with E-state index in [0.29, 0.717) is 40.6 Å². The molecule has 0 radical (unpaired) electrons. The van der Waals surface area contributed by atoms with Gasteiger partial charge >= 0.3 is 51.4 Å². The fourth-order valence-electron chi connectivity index (χ4n) is 18.4. The normalized spacial score (nSPS) is 27.7. The summed E-state index contributed by atoms with van der Waals surface area (Å²) in [5.41, 5.74) is 16.9. The van der Waals surface area contributed by atoms with Gasteiger partial charge in [0.15, 0.2) is 17.3 Å². The van der Waals surface area contributed by atoms with E-state index in [1.165, 1.54) is 337 Å². The summed E-state index contributed by atoms with van der Waals surface area (Å²) in [4.78, 5) is 72.2. The van der Waals surface area contributed by atoms with Crippen LogP contribution in [0.1, 0.15) is 372 Å². The van der Waals surface area contributed by atoms with E-state index in [-0.39, 0.29) is 74.6 Å². The SMILES string of the molecule is O=C1C(=C2CCCCC2)CCCC1=C1CCCCC1.O=C1C(=C2CCCCC2)CCCC1C1=CCCCC1.O=C1C(C2=CCCCC2)CCCC1C1=CCCCC1.O=C1CCCCC1.O=C1CCCCC1=C1CCCCC1.O=C1CCCCC1C1=CCCCC1.[K+].[OH-]. The molecule has 0 amide bonds. The predicted molar refractivity (Wildman–Crippen MR) is 374 cm³/mol. The Balaban J connectivity index is 0.000000159. The summed E-state index contributed by atoms with van der Waals surface area (Å²) in [6, 6.07) is 0. The van der Waals surface area contributed by atoms with Crippen LogP contribution in [0.3, 0.4) is 0 Å². The van der Waals surface area contributed by atoms with Crippen molar-refractivity contribution in [3.8, 4) is 0 Å². The Morgan fingerprint density at radius 3 is 0.978 bits per heavy atom. The minimum Gasteiger partial charge on any atom is -0.870 e. The maximum atomic E-state index is 12.8. The average molecular weight is 1290 g/mol. The van der Waals surface area contributed by atoms with Gasteiger partial charge in [-0.3, -0.25) is 28.8 Å². The molecular formula is C84H125KO7. The van der Waals surface area contributed by atoms with Gasteiger partial charge in [-0.1, -0.05) is 114 Å². The van der Waals surface area contributed by atoms with Crippen LogP contribution in [-0.4, -0.2) is 40.2 Å². The number of Topliss-reactive ketones (excluding diaryl/α,β-unsaturated/α-hetero) is 6. The molecule has 0 aromatic heterocycles. The van der Waals surface area contributed by atoms with Gasteiger partial charge in [0.1, 0.15) is 17.3 Å². The van der Waals surface area contributed by atoms with Crippen LogP contribution >= 0.6 is 0 Å². The van der Waals surface area contributed by atoms with E-state index >= 15 is 0 Å². The van der Waals surface area contributed by atoms with Gasteiger partial charge in [0.2, 0.25) is 0 Å². The molecule has 0 aromatic rings. The van der Waals surface area contributed by atoms with Gasteiger partial charge in [-0.15, -0.1) is 0 Å². The maximum absolute atomic E-state index is 12.8. The van der Waals surface area contributed by atoms with Gasteiger partial charge in [-0.05, 0) is 324 Å². The first-order valence-corrected chi connectivity index (χ1v) is 39.0. The standard InChI is InChI=1S/3C18H26O.2C12H18O.C6H10O.K.H2O/c3*19-18-16(14-8-3-1-4-9-14)12-7-13-17(18)15-10-5-2-6-11-15;2*13-12-9-5-4-8-11(12)10-6-2-1-3-7-10;7-6-4-2-1-3-5-6;;/h1-13H2;8,16H,1-7,9-13H2;8,10,16-17H,1-7,9,11-13H2;1-9H2;6,11H,1-5,7-9H2;1-5H2;;1H2/q;;;;;;+1;/p-1. The number of allylic oxidation sites excluding steroid dienone is 16. The summed E-state index contributed by atoms with van der Waals surface area (Å²) in [5.74, 6) is 4.12. The molecule has 92 heavy (non-hydrogen) atoms. The van der Waals surface area contributed by atoms with E-state index in [9.17, 15) is 28.8 Å². The quantitative estimate of drug-likeness (QED) is 0.155.